The zero-order valence-electron chi connectivity index (χ0n) is 10.1. The van der Waals surface area contributed by atoms with Crippen LogP contribution in [0.15, 0.2) is 18.3 Å². The molecular weight excluding hydrogens is 230 g/mol. The van der Waals surface area contributed by atoms with Gasteiger partial charge in [0.15, 0.2) is 0 Å². The summed E-state index contributed by atoms with van der Waals surface area (Å²) in [6.45, 7) is 1.80. The second-order valence-electron chi connectivity index (χ2n) is 4.82. The molecule has 0 spiro atoms. The molecule has 2 aliphatic rings. The molecule has 94 valence electrons. The normalized spacial score (nSPS) is 22.6. The van der Waals surface area contributed by atoms with E-state index in [9.17, 15) is 9.59 Å². The van der Waals surface area contributed by atoms with Gasteiger partial charge in [-0.3, -0.25) is 14.6 Å². The number of aromatic nitrogens is 1. The van der Waals surface area contributed by atoms with Crippen molar-refractivity contribution < 1.29 is 9.59 Å². The third-order valence-electron chi connectivity index (χ3n) is 3.60. The second kappa shape index (κ2) is 4.40. The molecule has 1 saturated heterocycles. The van der Waals surface area contributed by atoms with Crippen LogP contribution in [0.1, 0.15) is 17.7 Å². The van der Waals surface area contributed by atoms with E-state index in [1.807, 2.05) is 17.0 Å². The first-order chi connectivity index (χ1) is 8.74. The predicted octanol–water partition coefficient (Wildman–Crippen LogP) is 0.102. The number of pyridine rings is 1. The Bertz CT molecular complexity index is 501. The Morgan fingerprint density at radius 1 is 1.50 bits per heavy atom. The molecule has 1 aromatic heterocycles. The second-order valence-corrected chi connectivity index (χ2v) is 4.82. The van der Waals surface area contributed by atoms with Crippen molar-refractivity contribution in [2.75, 3.05) is 13.1 Å². The maximum Gasteiger partial charge on any atom is 0.228 e. The van der Waals surface area contributed by atoms with E-state index >= 15 is 0 Å². The van der Waals surface area contributed by atoms with Crippen molar-refractivity contribution in [1.82, 2.24) is 15.2 Å². The predicted molar refractivity (Wildman–Crippen MR) is 64.5 cm³/mol. The summed E-state index contributed by atoms with van der Waals surface area (Å²) in [6.07, 6.45) is 2.92. The average Bonchev–Trinajstić information content (AvgIpc) is 2.84. The number of hydrogen-bond donors (Lipinski definition) is 1. The summed E-state index contributed by atoms with van der Waals surface area (Å²) < 4.78 is 0. The van der Waals surface area contributed by atoms with Gasteiger partial charge in [-0.25, -0.2) is 0 Å². The molecule has 1 fully saturated rings. The van der Waals surface area contributed by atoms with Gasteiger partial charge in [-0.2, -0.15) is 0 Å². The third kappa shape index (κ3) is 1.96. The fraction of sp³-hybridized carbons (Fsp3) is 0.462. The Morgan fingerprint density at radius 3 is 3.17 bits per heavy atom. The summed E-state index contributed by atoms with van der Waals surface area (Å²) in [7, 11) is 0. The Balaban J connectivity index is 1.72. The summed E-state index contributed by atoms with van der Waals surface area (Å²) in [5.74, 6) is -0.119. The largest absolute Gasteiger partial charge is 0.355 e. The topological polar surface area (TPSA) is 62.3 Å². The first-order valence-electron chi connectivity index (χ1n) is 6.22. The number of amides is 2. The summed E-state index contributed by atoms with van der Waals surface area (Å²) >= 11 is 0. The van der Waals surface area contributed by atoms with Crippen LogP contribution in [0.3, 0.4) is 0 Å². The first kappa shape index (κ1) is 11.2. The Morgan fingerprint density at radius 2 is 2.39 bits per heavy atom. The van der Waals surface area contributed by atoms with Crippen molar-refractivity contribution in [2.45, 2.75) is 19.4 Å². The van der Waals surface area contributed by atoms with Gasteiger partial charge in [-0.05, 0) is 11.6 Å². The van der Waals surface area contributed by atoms with Gasteiger partial charge in [0.1, 0.15) is 0 Å². The molecule has 0 saturated carbocycles. The van der Waals surface area contributed by atoms with Crippen LogP contribution in [0.25, 0.3) is 0 Å². The highest BCUT2D eigenvalue weighted by Gasteiger charge is 2.32. The number of carbonyl (C=O) groups is 2. The maximum atomic E-state index is 12.3. The molecule has 1 N–H and O–H groups in total. The monoisotopic (exact) mass is 245 g/mol. The van der Waals surface area contributed by atoms with E-state index in [2.05, 4.69) is 10.3 Å². The molecule has 5 heteroatoms. The van der Waals surface area contributed by atoms with Crippen LogP contribution in [-0.4, -0.2) is 34.8 Å². The average molecular weight is 245 g/mol. The molecule has 18 heavy (non-hydrogen) atoms. The quantitative estimate of drug-likeness (QED) is 0.763. The molecule has 5 nitrogen and oxygen atoms in total. The zero-order chi connectivity index (χ0) is 12.5. The highest BCUT2D eigenvalue weighted by atomic mass is 16.2. The molecule has 1 unspecified atom stereocenters. The lowest BCUT2D eigenvalue weighted by Gasteiger charge is -2.29. The van der Waals surface area contributed by atoms with Gasteiger partial charge in [0, 0.05) is 44.4 Å². The van der Waals surface area contributed by atoms with Crippen LogP contribution in [0.5, 0.6) is 0 Å². The van der Waals surface area contributed by atoms with Crippen molar-refractivity contribution in [3.05, 3.63) is 29.6 Å². The minimum absolute atomic E-state index is 0.0209. The smallest absolute Gasteiger partial charge is 0.228 e. The molecule has 1 aromatic rings. The van der Waals surface area contributed by atoms with Crippen molar-refractivity contribution >= 4 is 11.8 Å². The van der Waals surface area contributed by atoms with Crippen LogP contribution in [-0.2, 0) is 22.6 Å². The van der Waals surface area contributed by atoms with Gasteiger partial charge in [0.25, 0.3) is 0 Å². The van der Waals surface area contributed by atoms with Crippen LogP contribution < -0.4 is 5.32 Å². The van der Waals surface area contributed by atoms with Gasteiger partial charge >= 0.3 is 0 Å². The molecule has 3 heterocycles. The van der Waals surface area contributed by atoms with Gasteiger partial charge in [-0.15, -0.1) is 0 Å². The van der Waals surface area contributed by atoms with Crippen molar-refractivity contribution in [2.24, 2.45) is 5.92 Å². The molecule has 0 radical (unpaired) electrons. The maximum absolute atomic E-state index is 12.3. The molecule has 2 aliphatic heterocycles. The van der Waals surface area contributed by atoms with Crippen LogP contribution in [0, 0.1) is 5.92 Å². The minimum Gasteiger partial charge on any atom is -0.355 e. The Kier molecular flexibility index (Phi) is 2.74. The SMILES string of the molecule is O=C1CC(C(=O)N2CCc3ncccc3C2)CN1. The van der Waals surface area contributed by atoms with Crippen LogP contribution >= 0.6 is 0 Å². The minimum atomic E-state index is -0.185. The Hall–Kier alpha value is -1.91. The molecule has 3 rings (SSSR count). The summed E-state index contributed by atoms with van der Waals surface area (Å²) in [4.78, 5) is 29.6. The number of rotatable bonds is 1. The zero-order valence-corrected chi connectivity index (χ0v) is 10.1. The number of nitrogens with one attached hydrogen (secondary N) is 1. The van der Waals surface area contributed by atoms with E-state index in [1.165, 1.54) is 0 Å². The molecule has 0 bridgehead atoms. The molecule has 2 amide bonds. The molecule has 0 aliphatic carbocycles. The van der Waals surface area contributed by atoms with Crippen LogP contribution in [0.2, 0.25) is 0 Å². The lowest BCUT2D eigenvalue weighted by Crippen LogP contribution is -2.40. The molecular formula is C13H15N3O2. The summed E-state index contributed by atoms with van der Waals surface area (Å²) in [6, 6.07) is 3.91. The summed E-state index contributed by atoms with van der Waals surface area (Å²) in [5, 5.41) is 2.71. The van der Waals surface area contributed by atoms with Gasteiger partial charge in [0.2, 0.25) is 11.8 Å². The highest BCUT2D eigenvalue weighted by Crippen LogP contribution is 2.20. The highest BCUT2D eigenvalue weighted by molar-refractivity contribution is 5.89. The fourth-order valence-corrected chi connectivity index (χ4v) is 2.59. The summed E-state index contributed by atoms with van der Waals surface area (Å²) in [5.41, 5.74) is 2.21. The van der Waals surface area contributed by atoms with Crippen molar-refractivity contribution in [3.63, 3.8) is 0 Å². The van der Waals surface area contributed by atoms with E-state index in [0.29, 0.717) is 26.1 Å². The van der Waals surface area contributed by atoms with Gasteiger partial charge in [-0.1, -0.05) is 6.07 Å². The molecule has 0 aromatic carbocycles. The Labute approximate surface area is 105 Å². The number of fused-ring (bicyclic) bond motifs is 1. The van der Waals surface area contributed by atoms with Gasteiger partial charge < -0.3 is 10.2 Å². The van der Waals surface area contributed by atoms with Crippen molar-refractivity contribution in [3.8, 4) is 0 Å². The molecule has 1 atom stereocenters. The van der Waals surface area contributed by atoms with Gasteiger partial charge in [0.05, 0.1) is 5.92 Å². The number of nitrogens with zero attached hydrogens (tertiary/aromatic N) is 2. The van der Waals surface area contributed by atoms with E-state index in [1.54, 1.807) is 6.20 Å². The standard InChI is InChI=1S/C13H15N3O2/c17-12-6-10(7-15-12)13(18)16-5-3-11-9(8-16)2-1-4-14-11/h1-2,4,10H,3,5-8H2,(H,15,17). The first-order valence-corrected chi connectivity index (χ1v) is 6.22. The fourth-order valence-electron chi connectivity index (χ4n) is 2.59. The van der Waals surface area contributed by atoms with Crippen LogP contribution in [0.4, 0.5) is 0 Å². The van der Waals surface area contributed by atoms with E-state index in [0.717, 1.165) is 17.7 Å². The lowest BCUT2D eigenvalue weighted by molar-refractivity contribution is -0.136. The number of carbonyl (C=O) groups excluding carboxylic acids is 2. The van der Waals surface area contributed by atoms with Crippen molar-refractivity contribution in [1.29, 1.82) is 0 Å². The lowest BCUT2D eigenvalue weighted by atomic mass is 10.0. The van der Waals surface area contributed by atoms with E-state index in [4.69, 9.17) is 0 Å². The number of hydrogen-bond acceptors (Lipinski definition) is 3. The van der Waals surface area contributed by atoms with E-state index < -0.39 is 0 Å². The van der Waals surface area contributed by atoms with E-state index in [-0.39, 0.29) is 17.7 Å². The third-order valence-corrected chi connectivity index (χ3v) is 3.60.